The molecular formula is C13H11F2N3O3. The van der Waals surface area contributed by atoms with E-state index in [2.05, 4.69) is 5.32 Å². The summed E-state index contributed by atoms with van der Waals surface area (Å²) in [5.74, 6) is -3.17. The van der Waals surface area contributed by atoms with E-state index in [1.54, 1.807) is 0 Å². The molecule has 21 heavy (non-hydrogen) atoms. The maximum atomic E-state index is 13.6. The van der Waals surface area contributed by atoms with E-state index in [9.17, 15) is 23.7 Å². The van der Waals surface area contributed by atoms with Crippen LogP contribution in [0.25, 0.3) is 0 Å². The number of rotatable bonds is 3. The number of nitriles is 1. The van der Waals surface area contributed by atoms with Crippen molar-refractivity contribution >= 4 is 17.3 Å². The van der Waals surface area contributed by atoms with Crippen molar-refractivity contribution in [1.29, 1.82) is 5.26 Å². The van der Waals surface area contributed by atoms with E-state index >= 15 is 0 Å². The predicted molar refractivity (Wildman–Crippen MR) is 68.2 cm³/mol. The van der Waals surface area contributed by atoms with Gasteiger partial charge in [0, 0.05) is 12.1 Å². The number of nitrogens with one attached hydrogen (secondary N) is 1. The average molecular weight is 295 g/mol. The van der Waals surface area contributed by atoms with Crippen LogP contribution in [0.1, 0.15) is 25.7 Å². The molecule has 1 fully saturated rings. The number of nitro groups is 1. The first-order chi connectivity index (χ1) is 9.89. The molecule has 2 rings (SSSR count). The fraction of sp³-hybridized carbons (Fsp3) is 0.385. The molecule has 0 bridgehead atoms. The van der Waals surface area contributed by atoms with Crippen molar-refractivity contribution in [1.82, 2.24) is 0 Å². The summed E-state index contributed by atoms with van der Waals surface area (Å²) in [6, 6.07) is 2.87. The van der Waals surface area contributed by atoms with E-state index in [-0.39, 0.29) is 0 Å². The van der Waals surface area contributed by atoms with Gasteiger partial charge in [-0.25, -0.2) is 4.39 Å². The number of halogens is 2. The fourth-order valence-corrected chi connectivity index (χ4v) is 2.38. The molecule has 1 saturated carbocycles. The number of carbonyl (C=O) groups excluding carboxylic acids is 1. The van der Waals surface area contributed by atoms with Gasteiger partial charge in [-0.1, -0.05) is 12.8 Å². The number of hydrogen-bond acceptors (Lipinski definition) is 4. The van der Waals surface area contributed by atoms with Crippen LogP contribution in [0.2, 0.25) is 0 Å². The Morgan fingerprint density at radius 1 is 1.33 bits per heavy atom. The Morgan fingerprint density at radius 3 is 2.48 bits per heavy atom. The van der Waals surface area contributed by atoms with Gasteiger partial charge in [-0.3, -0.25) is 14.9 Å². The summed E-state index contributed by atoms with van der Waals surface area (Å²) in [5.41, 5.74) is -2.70. The number of carbonyl (C=O) groups is 1. The summed E-state index contributed by atoms with van der Waals surface area (Å²) in [6.45, 7) is 0. The lowest BCUT2D eigenvalue weighted by Crippen LogP contribution is -2.32. The van der Waals surface area contributed by atoms with Gasteiger partial charge in [-0.2, -0.15) is 9.65 Å². The van der Waals surface area contributed by atoms with Gasteiger partial charge in [0.05, 0.1) is 16.7 Å². The van der Waals surface area contributed by atoms with E-state index in [0.29, 0.717) is 37.8 Å². The van der Waals surface area contributed by atoms with E-state index in [0.717, 1.165) is 0 Å². The third-order valence-corrected chi connectivity index (χ3v) is 3.59. The summed E-state index contributed by atoms with van der Waals surface area (Å²) >= 11 is 0. The van der Waals surface area contributed by atoms with Crippen molar-refractivity contribution in [3.05, 3.63) is 33.9 Å². The van der Waals surface area contributed by atoms with E-state index in [4.69, 9.17) is 5.26 Å². The molecule has 1 aliphatic carbocycles. The van der Waals surface area contributed by atoms with Crippen LogP contribution >= 0.6 is 0 Å². The number of nitro benzene ring substituents is 1. The maximum Gasteiger partial charge on any atom is 0.307 e. The Labute approximate surface area is 118 Å². The maximum absolute atomic E-state index is 13.6. The number of hydrogen-bond donors (Lipinski definition) is 1. The third kappa shape index (κ3) is 2.67. The second kappa shape index (κ2) is 5.44. The lowest BCUT2D eigenvalue weighted by molar-refractivity contribution is -0.387. The van der Waals surface area contributed by atoms with Crippen LogP contribution in [0.15, 0.2) is 12.1 Å². The lowest BCUT2D eigenvalue weighted by atomic mass is 9.87. The molecule has 0 unspecified atom stereocenters. The zero-order valence-electron chi connectivity index (χ0n) is 10.9. The van der Waals surface area contributed by atoms with Crippen LogP contribution in [0.5, 0.6) is 0 Å². The van der Waals surface area contributed by atoms with E-state index in [1.165, 1.54) is 0 Å². The summed E-state index contributed by atoms with van der Waals surface area (Å²) in [6.07, 6.45) is 2.10. The van der Waals surface area contributed by atoms with Crippen molar-refractivity contribution in [3.63, 3.8) is 0 Å². The molecule has 8 heteroatoms. The Balaban J connectivity index is 2.31. The SMILES string of the molecule is N#CC1(C(=O)Nc2cc([N+](=O)[O-])c(F)cc2F)CCCC1. The second-order valence-electron chi connectivity index (χ2n) is 4.90. The van der Waals surface area contributed by atoms with Crippen molar-refractivity contribution in [2.45, 2.75) is 25.7 Å². The van der Waals surface area contributed by atoms with Crippen LogP contribution in [0.4, 0.5) is 20.2 Å². The topological polar surface area (TPSA) is 96.0 Å². The Hall–Kier alpha value is -2.56. The summed E-state index contributed by atoms with van der Waals surface area (Å²) in [4.78, 5) is 21.7. The van der Waals surface area contributed by atoms with Gasteiger partial charge in [0.1, 0.15) is 11.2 Å². The molecule has 0 radical (unpaired) electrons. The largest absolute Gasteiger partial charge is 0.322 e. The first-order valence-electron chi connectivity index (χ1n) is 6.26. The highest BCUT2D eigenvalue weighted by Gasteiger charge is 2.42. The first kappa shape index (κ1) is 14.8. The van der Waals surface area contributed by atoms with Crippen LogP contribution in [-0.4, -0.2) is 10.8 Å². The molecule has 0 aromatic heterocycles. The van der Waals surface area contributed by atoms with E-state index in [1.807, 2.05) is 6.07 Å². The van der Waals surface area contributed by atoms with Gasteiger partial charge in [0.2, 0.25) is 11.7 Å². The third-order valence-electron chi connectivity index (χ3n) is 3.59. The molecule has 0 atom stereocenters. The summed E-state index contributed by atoms with van der Waals surface area (Å²) < 4.78 is 26.8. The van der Waals surface area contributed by atoms with Crippen LogP contribution < -0.4 is 5.32 Å². The number of benzene rings is 1. The van der Waals surface area contributed by atoms with Crippen molar-refractivity contribution in [2.24, 2.45) is 5.41 Å². The fourth-order valence-electron chi connectivity index (χ4n) is 2.38. The van der Waals surface area contributed by atoms with Crippen molar-refractivity contribution in [3.8, 4) is 6.07 Å². The van der Waals surface area contributed by atoms with Crippen LogP contribution in [0, 0.1) is 38.5 Å². The van der Waals surface area contributed by atoms with Gasteiger partial charge >= 0.3 is 5.69 Å². The molecule has 1 aromatic carbocycles. The average Bonchev–Trinajstić information content (AvgIpc) is 2.91. The molecule has 0 saturated heterocycles. The minimum atomic E-state index is -1.33. The van der Waals surface area contributed by atoms with E-state index < -0.39 is 39.3 Å². The zero-order valence-corrected chi connectivity index (χ0v) is 10.9. The summed E-state index contributed by atoms with van der Waals surface area (Å²) in [7, 11) is 0. The molecule has 1 amide bonds. The number of anilines is 1. The molecule has 1 aliphatic rings. The zero-order chi connectivity index (χ0) is 15.6. The monoisotopic (exact) mass is 295 g/mol. The Bertz CT molecular complexity index is 649. The minimum absolute atomic E-state index is 0.335. The van der Waals surface area contributed by atoms with Crippen LogP contribution in [0.3, 0.4) is 0 Å². The van der Waals surface area contributed by atoms with Gasteiger partial charge in [-0.15, -0.1) is 0 Å². The number of amides is 1. The van der Waals surface area contributed by atoms with Crippen molar-refractivity contribution in [2.75, 3.05) is 5.32 Å². The predicted octanol–water partition coefficient (Wildman–Crippen LogP) is 2.90. The standard InChI is InChI=1S/C13H11F2N3O3/c14-8-5-9(15)11(18(20)21)6-10(8)17-12(19)13(7-16)3-1-2-4-13/h5-6H,1-4H2,(H,17,19). The molecule has 1 N–H and O–H groups in total. The highest BCUT2D eigenvalue weighted by atomic mass is 19.1. The molecule has 0 spiro atoms. The molecular weight excluding hydrogens is 284 g/mol. The van der Waals surface area contributed by atoms with Gasteiger partial charge < -0.3 is 5.32 Å². The normalized spacial score (nSPS) is 16.2. The Morgan fingerprint density at radius 2 is 1.95 bits per heavy atom. The molecule has 0 aliphatic heterocycles. The molecule has 1 aromatic rings. The number of nitrogens with zero attached hydrogens (tertiary/aromatic N) is 2. The Kier molecular flexibility index (Phi) is 3.84. The quantitative estimate of drug-likeness (QED) is 0.685. The van der Waals surface area contributed by atoms with Gasteiger partial charge in [-0.05, 0) is 12.8 Å². The molecule has 0 heterocycles. The first-order valence-corrected chi connectivity index (χ1v) is 6.26. The van der Waals surface area contributed by atoms with Crippen LogP contribution in [-0.2, 0) is 4.79 Å². The highest BCUT2D eigenvalue weighted by Crippen LogP contribution is 2.39. The van der Waals surface area contributed by atoms with Gasteiger partial charge in [0.25, 0.3) is 0 Å². The molecule has 110 valence electrons. The lowest BCUT2D eigenvalue weighted by Gasteiger charge is -2.19. The second-order valence-corrected chi connectivity index (χ2v) is 4.90. The summed E-state index contributed by atoms with van der Waals surface area (Å²) in [5, 5.41) is 21.9. The van der Waals surface area contributed by atoms with Crippen molar-refractivity contribution < 1.29 is 18.5 Å². The smallest absolute Gasteiger partial charge is 0.307 e. The van der Waals surface area contributed by atoms with Gasteiger partial charge in [0.15, 0.2) is 0 Å². The highest BCUT2D eigenvalue weighted by molar-refractivity contribution is 5.97. The minimum Gasteiger partial charge on any atom is -0.322 e. The molecule has 6 nitrogen and oxygen atoms in total.